The number of aliphatic carboxylic acids is 1. The molecule has 96 valence electrons. The normalized spacial score (nSPS) is 9.61. The van der Waals surface area contributed by atoms with Crippen molar-refractivity contribution in [3.8, 4) is 0 Å². The average molecular weight is 318 g/mol. The summed E-state index contributed by atoms with van der Waals surface area (Å²) in [6.45, 7) is -0.517. The van der Waals surface area contributed by atoms with Gasteiger partial charge in [0.15, 0.2) is 0 Å². The van der Waals surface area contributed by atoms with Gasteiger partial charge in [-0.05, 0) is 22.0 Å². The van der Waals surface area contributed by atoms with Gasteiger partial charge in [-0.2, -0.15) is 0 Å². The number of carboxylic acids is 1. The molecule has 0 radical (unpaired) electrons. The van der Waals surface area contributed by atoms with Crippen molar-refractivity contribution in [2.45, 2.75) is 0 Å². The molecule has 0 heterocycles. The van der Waals surface area contributed by atoms with Gasteiger partial charge in [-0.3, -0.25) is 14.9 Å². The third kappa shape index (κ3) is 4.01. The number of carbonyl (C=O) groups is 2. The molecule has 0 aromatic heterocycles. The van der Waals surface area contributed by atoms with Crippen molar-refractivity contribution in [3.05, 3.63) is 32.8 Å². The number of nitrogens with zero attached hydrogens (tertiary/aromatic N) is 1. The lowest BCUT2D eigenvalue weighted by molar-refractivity contribution is -0.384. The molecule has 1 aromatic rings. The Labute approximate surface area is 109 Å². The van der Waals surface area contributed by atoms with Crippen LogP contribution in [-0.2, 0) is 4.79 Å². The third-order valence-electron chi connectivity index (χ3n) is 1.81. The number of halogens is 1. The van der Waals surface area contributed by atoms with Crippen LogP contribution in [0.4, 0.5) is 16.2 Å². The number of benzene rings is 1. The molecule has 0 atom stereocenters. The van der Waals surface area contributed by atoms with Crippen molar-refractivity contribution in [1.82, 2.24) is 5.32 Å². The average Bonchev–Trinajstić information content (AvgIpc) is 2.29. The Morgan fingerprint density at radius 2 is 2.11 bits per heavy atom. The SMILES string of the molecule is O=C(O)CNC(=O)Nc1ccc([N+](=O)[O-])cc1Br. The Kier molecular flexibility index (Phi) is 4.60. The van der Waals surface area contributed by atoms with E-state index >= 15 is 0 Å². The highest BCUT2D eigenvalue weighted by Gasteiger charge is 2.11. The summed E-state index contributed by atoms with van der Waals surface area (Å²) in [5.41, 5.74) is 0.168. The second kappa shape index (κ2) is 5.96. The number of rotatable bonds is 4. The summed E-state index contributed by atoms with van der Waals surface area (Å²) in [6.07, 6.45) is 0. The van der Waals surface area contributed by atoms with Crippen molar-refractivity contribution in [2.75, 3.05) is 11.9 Å². The first-order valence-corrected chi connectivity index (χ1v) is 5.40. The number of nitrogens with one attached hydrogen (secondary N) is 2. The lowest BCUT2D eigenvalue weighted by Crippen LogP contribution is -2.33. The summed E-state index contributed by atoms with van der Waals surface area (Å²) in [5, 5.41) is 23.3. The molecule has 0 aliphatic carbocycles. The number of nitro groups is 1. The minimum atomic E-state index is -1.17. The number of non-ortho nitro benzene ring substituents is 1. The highest BCUT2D eigenvalue weighted by molar-refractivity contribution is 9.10. The molecule has 18 heavy (non-hydrogen) atoms. The summed E-state index contributed by atoms with van der Waals surface area (Å²) in [5.74, 6) is -1.17. The molecule has 0 bridgehead atoms. The predicted octanol–water partition coefficient (Wildman–Crippen LogP) is 1.56. The van der Waals surface area contributed by atoms with Crippen molar-refractivity contribution in [3.63, 3.8) is 0 Å². The maximum atomic E-state index is 11.2. The molecule has 3 N–H and O–H groups in total. The van der Waals surface area contributed by atoms with Crippen molar-refractivity contribution >= 4 is 39.3 Å². The number of anilines is 1. The lowest BCUT2D eigenvalue weighted by Gasteiger charge is -2.07. The third-order valence-corrected chi connectivity index (χ3v) is 2.47. The topological polar surface area (TPSA) is 122 Å². The van der Waals surface area contributed by atoms with E-state index in [0.29, 0.717) is 10.2 Å². The van der Waals surface area contributed by atoms with E-state index in [2.05, 4.69) is 26.6 Å². The Bertz CT molecular complexity index is 505. The van der Waals surface area contributed by atoms with Crippen LogP contribution in [0.3, 0.4) is 0 Å². The second-order valence-electron chi connectivity index (χ2n) is 3.12. The summed E-state index contributed by atoms with van der Waals surface area (Å²) < 4.78 is 0.321. The molecule has 8 nitrogen and oxygen atoms in total. The molecule has 0 spiro atoms. The van der Waals surface area contributed by atoms with E-state index in [9.17, 15) is 19.7 Å². The van der Waals surface area contributed by atoms with E-state index in [1.54, 1.807) is 0 Å². The number of urea groups is 1. The van der Waals surface area contributed by atoms with Gasteiger partial charge < -0.3 is 15.7 Å². The van der Waals surface area contributed by atoms with Crippen LogP contribution in [0.5, 0.6) is 0 Å². The lowest BCUT2D eigenvalue weighted by atomic mass is 10.3. The van der Waals surface area contributed by atoms with Gasteiger partial charge in [0.25, 0.3) is 5.69 Å². The van der Waals surface area contributed by atoms with Crippen LogP contribution in [0.2, 0.25) is 0 Å². The van der Waals surface area contributed by atoms with E-state index in [1.165, 1.54) is 18.2 Å². The molecular weight excluding hydrogens is 310 g/mol. The first-order valence-electron chi connectivity index (χ1n) is 4.60. The zero-order chi connectivity index (χ0) is 13.7. The van der Waals surface area contributed by atoms with Crippen molar-refractivity contribution < 1.29 is 19.6 Å². The van der Waals surface area contributed by atoms with Gasteiger partial charge in [0.05, 0.1) is 10.6 Å². The van der Waals surface area contributed by atoms with Gasteiger partial charge in [-0.1, -0.05) is 0 Å². The fourth-order valence-electron chi connectivity index (χ4n) is 1.04. The van der Waals surface area contributed by atoms with Crippen LogP contribution in [0.25, 0.3) is 0 Å². The van der Waals surface area contributed by atoms with E-state index in [-0.39, 0.29) is 5.69 Å². The summed E-state index contributed by atoms with van der Waals surface area (Å²) in [4.78, 5) is 31.4. The number of carboxylic acid groups (broad SMARTS) is 1. The van der Waals surface area contributed by atoms with Crippen LogP contribution in [0, 0.1) is 10.1 Å². The molecule has 9 heteroatoms. The van der Waals surface area contributed by atoms with Gasteiger partial charge in [0.2, 0.25) is 0 Å². The number of hydrogen-bond acceptors (Lipinski definition) is 4. The highest BCUT2D eigenvalue weighted by atomic mass is 79.9. The molecule has 0 aliphatic rings. The monoisotopic (exact) mass is 317 g/mol. The molecule has 0 aliphatic heterocycles. The molecule has 0 unspecified atom stereocenters. The van der Waals surface area contributed by atoms with Crippen LogP contribution in [0.1, 0.15) is 0 Å². The standard InChI is InChI=1S/C9H8BrN3O5/c10-6-3-5(13(17)18)1-2-7(6)12-9(16)11-4-8(14)15/h1-3H,4H2,(H,14,15)(H2,11,12,16). The summed E-state index contributed by atoms with van der Waals surface area (Å²) in [6, 6.07) is 3.07. The molecule has 1 rings (SSSR count). The Morgan fingerprint density at radius 3 is 2.61 bits per heavy atom. The number of carbonyl (C=O) groups excluding carboxylic acids is 1. The Balaban J connectivity index is 2.70. The predicted molar refractivity (Wildman–Crippen MR) is 65.5 cm³/mol. The molecule has 0 saturated heterocycles. The van der Waals surface area contributed by atoms with Crippen LogP contribution < -0.4 is 10.6 Å². The van der Waals surface area contributed by atoms with Gasteiger partial charge in [-0.15, -0.1) is 0 Å². The number of amides is 2. The van der Waals surface area contributed by atoms with E-state index in [1.807, 2.05) is 0 Å². The first-order chi connectivity index (χ1) is 8.40. The van der Waals surface area contributed by atoms with Gasteiger partial charge in [-0.25, -0.2) is 4.79 Å². The molecule has 2 amide bonds. The van der Waals surface area contributed by atoms with Crippen LogP contribution in [-0.4, -0.2) is 28.6 Å². The Morgan fingerprint density at radius 1 is 1.44 bits per heavy atom. The minimum absolute atomic E-state index is 0.127. The maximum absolute atomic E-state index is 11.2. The van der Waals surface area contributed by atoms with Crippen molar-refractivity contribution in [1.29, 1.82) is 0 Å². The zero-order valence-corrected chi connectivity index (χ0v) is 10.4. The first kappa shape index (κ1) is 13.9. The molecular formula is C9H8BrN3O5. The molecule has 0 fully saturated rings. The smallest absolute Gasteiger partial charge is 0.323 e. The van der Waals surface area contributed by atoms with E-state index in [4.69, 9.17) is 5.11 Å². The fraction of sp³-hybridized carbons (Fsp3) is 0.111. The summed E-state index contributed by atoms with van der Waals surface area (Å²) >= 11 is 3.06. The number of nitro benzene ring substituents is 1. The van der Waals surface area contributed by atoms with E-state index in [0.717, 1.165) is 0 Å². The van der Waals surface area contributed by atoms with Crippen LogP contribution >= 0.6 is 15.9 Å². The van der Waals surface area contributed by atoms with E-state index < -0.39 is 23.5 Å². The summed E-state index contributed by atoms with van der Waals surface area (Å²) in [7, 11) is 0. The van der Waals surface area contributed by atoms with Crippen molar-refractivity contribution in [2.24, 2.45) is 0 Å². The second-order valence-corrected chi connectivity index (χ2v) is 3.98. The van der Waals surface area contributed by atoms with Crippen LogP contribution in [0.15, 0.2) is 22.7 Å². The van der Waals surface area contributed by atoms with Gasteiger partial charge in [0.1, 0.15) is 6.54 Å². The number of hydrogen-bond donors (Lipinski definition) is 3. The Hall–Kier alpha value is -2.16. The maximum Gasteiger partial charge on any atom is 0.323 e. The van der Waals surface area contributed by atoms with Gasteiger partial charge in [0, 0.05) is 16.6 Å². The fourth-order valence-corrected chi connectivity index (χ4v) is 1.51. The van der Waals surface area contributed by atoms with Gasteiger partial charge >= 0.3 is 12.0 Å². The zero-order valence-electron chi connectivity index (χ0n) is 8.84. The molecule has 0 saturated carbocycles. The highest BCUT2D eigenvalue weighted by Crippen LogP contribution is 2.26. The quantitative estimate of drug-likeness (QED) is 0.574. The minimum Gasteiger partial charge on any atom is -0.480 e. The largest absolute Gasteiger partial charge is 0.480 e. The molecule has 1 aromatic carbocycles.